The van der Waals surface area contributed by atoms with Crippen molar-refractivity contribution < 1.29 is 18.3 Å². The van der Waals surface area contributed by atoms with Crippen LogP contribution in [-0.2, 0) is 4.79 Å². The quantitative estimate of drug-likeness (QED) is 0.146. The van der Waals surface area contributed by atoms with Crippen molar-refractivity contribution in [3.8, 4) is 16.9 Å². The zero-order chi connectivity index (χ0) is 25.1. The molecule has 0 saturated heterocycles. The maximum Gasteiger partial charge on any atom is 0.310 e. The molecule has 5 rings (SSSR count). The molecule has 0 saturated carbocycles. The minimum Gasteiger partial charge on any atom is -0.426 e. The molecule has 0 amide bonds. The average molecular weight is 496 g/mol. The van der Waals surface area contributed by atoms with E-state index in [0.29, 0.717) is 22.2 Å². The van der Waals surface area contributed by atoms with Gasteiger partial charge in [0.15, 0.2) is 11.6 Å². The Morgan fingerprint density at radius 1 is 0.750 bits per heavy atom. The fourth-order valence-electron chi connectivity index (χ4n) is 4.31. The predicted molar refractivity (Wildman–Crippen MR) is 144 cm³/mol. The summed E-state index contributed by atoms with van der Waals surface area (Å²) in [5.41, 5.74) is 1.08. The first-order valence-corrected chi connectivity index (χ1v) is 13.0. The van der Waals surface area contributed by atoms with Crippen LogP contribution in [0.25, 0.3) is 21.9 Å². The fourth-order valence-corrected chi connectivity index (χ4v) is 6.77. The van der Waals surface area contributed by atoms with E-state index in [1.165, 1.54) is 12.1 Å². The lowest BCUT2D eigenvalue weighted by molar-refractivity contribution is -0.133. The number of rotatable bonds is 6. The summed E-state index contributed by atoms with van der Waals surface area (Å²) >= 11 is 0. The minimum absolute atomic E-state index is 0.192. The van der Waals surface area contributed by atoms with Crippen molar-refractivity contribution in [2.24, 2.45) is 0 Å². The van der Waals surface area contributed by atoms with E-state index >= 15 is 0 Å². The first-order valence-electron chi connectivity index (χ1n) is 11.7. The Balaban J connectivity index is 1.86. The highest BCUT2D eigenvalue weighted by atomic mass is 31.1. The number of carbonyl (C=O) groups excluding carboxylic acids is 1. The van der Waals surface area contributed by atoms with Gasteiger partial charge >= 0.3 is 5.97 Å². The zero-order valence-electron chi connectivity index (χ0n) is 19.6. The standard InChI is InChI=1S/C31H23F2O2P/c1-2-30(34)35-28-18-17-21-11-9-10-16-24(21)31(28)25-19-26(32)27(33)20-29(25)36(22-12-5-3-6-13-22)23-14-7-4-8-15-23/h3-20H,2H2,1H3. The smallest absolute Gasteiger partial charge is 0.310 e. The van der Waals surface area contributed by atoms with E-state index in [4.69, 9.17) is 4.74 Å². The van der Waals surface area contributed by atoms with Gasteiger partial charge < -0.3 is 4.74 Å². The second kappa shape index (κ2) is 10.4. The highest BCUT2D eigenvalue weighted by Crippen LogP contribution is 2.43. The number of esters is 1. The lowest BCUT2D eigenvalue weighted by Crippen LogP contribution is -2.23. The molecule has 0 heterocycles. The lowest BCUT2D eigenvalue weighted by atomic mass is 9.97. The SMILES string of the molecule is CCC(=O)Oc1ccc2ccccc2c1-c1cc(F)c(F)cc1P(c1ccccc1)c1ccccc1. The molecule has 0 aliphatic carbocycles. The van der Waals surface area contributed by atoms with E-state index in [9.17, 15) is 13.6 Å². The second-order valence-electron chi connectivity index (χ2n) is 8.28. The van der Waals surface area contributed by atoms with Gasteiger partial charge in [-0.05, 0) is 58.4 Å². The first kappa shape index (κ1) is 23.8. The van der Waals surface area contributed by atoms with Gasteiger partial charge in [-0.25, -0.2) is 8.78 Å². The van der Waals surface area contributed by atoms with Crippen LogP contribution in [-0.4, -0.2) is 5.97 Å². The number of ether oxygens (including phenoxy) is 1. The van der Waals surface area contributed by atoms with Crippen molar-refractivity contribution in [3.63, 3.8) is 0 Å². The molecular formula is C31H23F2O2P. The Bertz CT molecular complexity index is 1500. The molecule has 36 heavy (non-hydrogen) atoms. The Hall–Kier alpha value is -3.88. The number of carbonyl (C=O) groups is 1. The van der Waals surface area contributed by atoms with Gasteiger partial charge in [-0.3, -0.25) is 4.79 Å². The summed E-state index contributed by atoms with van der Waals surface area (Å²) in [6.45, 7) is 1.72. The molecule has 5 aromatic rings. The highest BCUT2D eigenvalue weighted by molar-refractivity contribution is 7.80. The van der Waals surface area contributed by atoms with Gasteiger partial charge in [0.2, 0.25) is 0 Å². The van der Waals surface area contributed by atoms with Gasteiger partial charge in [0.05, 0.1) is 0 Å². The molecule has 5 heteroatoms. The zero-order valence-corrected chi connectivity index (χ0v) is 20.5. The third-order valence-electron chi connectivity index (χ3n) is 5.98. The van der Waals surface area contributed by atoms with Gasteiger partial charge in [0.1, 0.15) is 5.75 Å². The van der Waals surface area contributed by atoms with Crippen LogP contribution in [0.1, 0.15) is 13.3 Å². The van der Waals surface area contributed by atoms with Crippen molar-refractivity contribution in [2.45, 2.75) is 13.3 Å². The molecule has 0 aromatic heterocycles. The highest BCUT2D eigenvalue weighted by Gasteiger charge is 2.26. The molecule has 0 spiro atoms. The molecular weight excluding hydrogens is 473 g/mol. The van der Waals surface area contributed by atoms with Crippen LogP contribution in [0.5, 0.6) is 5.75 Å². The summed E-state index contributed by atoms with van der Waals surface area (Å²) in [4.78, 5) is 12.3. The summed E-state index contributed by atoms with van der Waals surface area (Å²) in [5, 5.41) is 4.34. The van der Waals surface area contributed by atoms with Crippen LogP contribution in [0.15, 0.2) is 109 Å². The number of hydrogen-bond donors (Lipinski definition) is 0. The third-order valence-corrected chi connectivity index (χ3v) is 8.46. The monoisotopic (exact) mass is 496 g/mol. The van der Waals surface area contributed by atoms with Gasteiger partial charge in [-0.2, -0.15) is 0 Å². The number of benzene rings is 5. The van der Waals surface area contributed by atoms with E-state index in [1.54, 1.807) is 13.0 Å². The van der Waals surface area contributed by atoms with Gasteiger partial charge in [0.25, 0.3) is 0 Å². The molecule has 2 nitrogen and oxygen atoms in total. The van der Waals surface area contributed by atoms with Crippen molar-refractivity contribution >= 4 is 40.6 Å². The summed E-state index contributed by atoms with van der Waals surface area (Å²) in [6.07, 6.45) is 0.192. The van der Waals surface area contributed by atoms with Crippen LogP contribution < -0.4 is 20.7 Å². The number of halogens is 2. The molecule has 5 aromatic carbocycles. The van der Waals surface area contributed by atoms with Crippen molar-refractivity contribution in [2.75, 3.05) is 0 Å². The predicted octanol–water partition coefficient (Wildman–Crippen LogP) is 6.86. The summed E-state index contributed by atoms with van der Waals surface area (Å²) < 4.78 is 35.5. The largest absolute Gasteiger partial charge is 0.426 e. The molecule has 0 fully saturated rings. The van der Waals surface area contributed by atoms with Gasteiger partial charge in [-0.1, -0.05) is 97.9 Å². The lowest BCUT2D eigenvalue weighted by Gasteiger charge is -2.24. The van der Waals surface area contributed by atoms with Crippen LogP contribution in [0.4, 0.5) is 8.78 Å². The normalized spacial score (nSPS) is 11.1. The maximum absolute atomic E-state index is 14.9. The van der Waals surface area contributed by atoms with Crippen LogP contribution in [0.3, 0.4) is 0 Å². The summed E-state index contributed by atoms with van der Waals surface area (Å²) in [7, 11) is -1.26. The molecule has 178 valence electrons. The first-order chi connectivity index (χ1) is 17.6. The Kier molecular flexibility index (Phi) is 6.88. The Labute approximate surface area is 209 Å². The van der Waals surface area contributed by atoms with Gasteiger partial charge in [-0.15, -0.1) is 0 Å². The summed E-state index contributed by atoms with van der Waals surface area (Å²) in [6, 6.07) is 33.4. The second-order valence-corrected chi connectivity index (χ2v) is 10.5. The third kappa shape index (κ3) is 4.65. The Morgan fingerprint density at radius 2 is 1.33 bits per heavy atom. The number of hydrogen-bond acceptors (Lipinski definition) is 2. The molecule has 0 N–H and O–H groups in total. The van der Waals surface area contributed by atoms with E-state index in [0.717, 1.165) is 21.4 Å². The van der Waals surface area contributed by atoms with Crippen LogP contribution >= 0.6 is 7.92 Å². The average Bonchev–Trinajstić information content (AvgIpc) is 2.92. The van der Waals surface area contributed by atoms with E-state index in [1.807, 2.05) is 91.0 Å². The summed E-state index contributed by atoms with van der Waals surface area (Å²) in [5.74, 6) is -1.95. The topological polar surface area (TPSA) is 26.3 Å². The Morgan fingerprint density at radius 3 is 1.97 bits per heavy atom. The van der Waals surface area contributed by atoms with Crippen molar-refractivity contribution in [1.82, 2.24) is 0 Å². The van der Waals surface area contributed by atoms with E-state index < -0.39 is 25.5 Å². The molecule has 0 bridgehead atoms. The molecule has 0 radical (unpaired) electrons. The van der Waals surface area contributed by atoms with E-state index in [-0.39, 0.29) is 6.42 Å². The van der Waals surface area contributed by atoms with Crippen LogP contribution in [0.2, 0.25) is 0 Å². The van der Waals surface area contributed by atoms with Gasteiger partial charge in [0, 0.05) is 12.0 Å². The fraction of sp³-hybridized carbons (Fsp3) is 0.0645. The van der Waals surface area contributed by atoms with Crippen LogP contribution in [0, 0.1) is 11.6 Å². The molecule has 0 aliphatic rings. The molecule has 0 atom stereocenters. The van der Waals surface area contributed by atoms with E-state index in [2.05, 4.69) is 0 Å². The number of fused-ring (bicyclic) bond motifs is 1. The van der Waals surface area contributed by atoms with Crippen molar-refractivity contribution in [1.29, 1.82) is 0 Å². The molecule has 0 aliphatic heterocycles. The molecule has 0 unspecified atom stereocenters. The van der Waals surface area contributed by atoms with Crippen molar-refractivity contribution in [3.05, 3.63) is 121 Å². The minimum atomic E-state index is -1.26. The maximum atomic E-state index is 14.9.